The zero-order chi connectivity index (χ0) is 8.55. The van der Waals surface area contributed by atoms with Gasteiger partial charge in [-0.2, -0.15) is 12.6 Å². The number of thiol groups is 1. The molecular weight excluding hydrogens is 190 g/mol. The summed E-state index contributed by atoms with van der Waals surface area (Å²) < 4.78 is 0. The van der Waals surface area contributed by atoms with E-state index in [1.54, 1.807) is 17.5 Å². The molecule has 0 aliphatic heterocycles. The van der Waals surface area contributed by atoms with Crippen LogP contribution >= 0.6 is 24.0 Å². The second-order valence-corrected chi connectivity index (χ2v) is 4.22. The van der Waals surface area contributed by atoms with Crippen LogP contribution in [-0.2, 0) is 0 Å². The molecule has 0 amide bonds. The van der Waals surface area contributed by atoms with Crippen molar-refractivity contribution in [1.82, 2.24) is 15.0 Å². The van der Waals surface area contributed by atoms with Crippen LogP contribution in [0.2, 0.25) is 0 Å². The van der Waals surface area contributed by atoms with E-state index < -0.39 is 0 Å². The van der Waals surface area contributed by atoms with E-state index in [1.807, 2.05) is 6.92 Å². The standard InChI is InChI=1S/C7H7N3S2/c1-4(11)6-10-5-2-8-3-9-7(5)12-6/h2-4,11H,1H3. The molecule has 62 valence electrons. The third-order valence-electron chi connectivity index (χ3n) is 1.45. The normalized spacial score (nSPS) is 13.5. The highest BCUT2D eigenvalue weighted by molar-refractivity contribution is 7.80. The molecule has 3 nitrogen and oxygen atoms in total. The number of fused-ring (bicyclic) bond motifs is 1. The van der Waals surface area contributed by atoms with Crippen molar-refractivity contribution in [3.63, 3.8) is 0 Å². The Morgan fingerprint density at radius 1 is 1.58 bits per heavy atom. The molecule has 0 spiro atoms. The molecule has 2 heterocycles. The topological polar surface area (TPSA) is 38.7 Å². The van der Waals surface area contributed by atoms with Gasteiger partial charge in [0.2, 0.25) is 0 Å². The summed E-state index contributed by atoms with van der Waals surface area (Å²) in [6.07, 6.45) is 3.26. The highest BCUT2D eigenvalue weighted by Crippen LogP contribution is 2.26. The van der Waals surface area contributed by atoms with Gasteiger partial charge in [0.1, 0.15) is 21.7 Å². The lowest BCUT2D eigenvalue weighted by Gasteiger charge is -1.93. The third-order valence-corrected chi connectivity index (χ3v) is 3.03. The minimum absolute atomic E-state index is 0.171. The number of thiazole rings is 1. The highest BCUT2D eigenvalue weighted by atomic mass is 32.1. The van der Waals surface area contributed by atoms with Crippen LogP contribution in [0.3, 0.4) is 0 Å². The quantitative estimate of drug-likeness (QED) is 0.711. The molecule has 0 N–H and O–H groups in total. The molecule has 1 atom stereocenters. The van der Waals surface area contributed by atoms with E-state index in [2.05, 4.69) is 27.6 Å². The Bertz CT molecular complexity index is 363. The molecule has 0 saturated carbocycles. The summed E-state index contributed by atoms with van der Waals surface area (Å²) in [5, 5.41) is 1.16. The van der Waals surface area contributed by atoms with Gasteiger partial charge in [-0.05, 0) is 6.92 Å². The van der Waals surface area contributed by atoms with E-state index >= 15 is 0 Å². The van der Waals surface area contributed by atoms with E-state index in [9.17, 15) is 0 Å². The van der Waals surface area contributed by atoms with Crippen LogP contribution in [-0.4, -0.2) is 15.0 Å². The first kappa shape index (κ1) is 7.94. The van der Waals surface area contributed by atoms with Crippen LogP contribution < -0.4 is 0 Å². The molecule has 0 aromatic carbocycles. The van der Waals surface area contributed by atoms with E-state index in [4.69, 9.17) is 0 Å². The molecule has 0 aliphatic carbocycles. The zero-order valence-electron chi connectivity index (χ0n) is 6.43. The fraction of sp³-hybridized carbons (Fsp3) is 0.286. The Balaban J connectivity index is 2.62. The number of aromatic nitrogens is 3. The Hall–Kier alpha value is -0.680. The van der Waals surface area contributed by atoms with Gasteiger partial charge in [-0.25, -0.2) is 15.0 Å². The molecule has 0 radical (unpaired) electrons. The predicted molar refractivity (Wildman–Crippen MR) is 52.6 cm³/mol. The average molecular weight is 197 g/mol. The van der Waals surface area contributed by atoms with Crippen molar-refractivity contribution in [3.8, 4) is 0 Å². The Morgan fingerprint density at radius 2 is 2.42 bits per heavy atom. The van der Waals surface area contributed by atoms with Gasteiger partial charge in [-0.1, -0.05) is 11.3 Å². The van der Waals surface area contributed by atoms with Gasteiger partial charge in [0.05, 0.1) is 11.4 Å². The van der Waals surface area contributed by atoms with Crippen molar-refractivity contribution in [2.45, 2.75) is 12.2 Å². The number of nitrogens with zero attached hydrogens (tertiary/aromatic N) is 3. The number of hydrogen-bond donors (Lipinski definition) is 1. The molecule has 0 fully saturated rings. The summed E-state index contributed by atoms with van der Waals surface area (Å²) in [6, 6.07) is 0. The summed E-state index contributed by atoms with van der Waals surface area (Å²) in [5.41, 5.74) is 0.860. The van der Waals surface area contributed by atoms with Crippen molar-refractivity contribution in [2.24, 2.45) is 0 Å². The second kappa shape index (κ2) is 2.99. The zero-order valence-corrected chi connectivity index (χ0v) is 8.14. The first-order chi connectivity index (χ1) is 5.77. The third kappa shape index (κ3) is 1.30. The van der Waals surface area contributed by atoms with Crippen LogP contribution in [0.15, 0.2) is 12.5 Å². The molecule has 0 aliphatic rings. The maximum absolute atomic E-state index is 4.33. The van der Waals surface area contributed by atoms with Crippen LogP contribution in [0.4, 0.5) is 0 Å². The van der Waals surface area contributed by atoms with Gasteiger partial charge in [-0.3, -0.25) is 0 Å². The monoisotopic (exact) mass is 197 g/mol. The van der Waals surface area contributed by atoms with Crippen LogP contribution in [0.25, 0.3) is 10.3 Å². The second-order valence-electron chi connectivity index (χ2n) is 2.44. The van der Waals surface area contributed by atoms with Gasteiger partial charge >= 0.3 is 0 Å². The minimum Gasteiger partial charge on any atom is -0.242 e. The number of rotatable bonds is 1. The first-order valence-electron chi connectivity index (χ1n) is 3.52. The summed E-state index contributed by atoms with van der Waals surface area (Å²) >= 11 is 5.86. The molecule has 0 bridgehead atoms. The molecule has 2 aromatic rings. The van der Waals surface area contributed by atoms with Gasteiger partial charge < -0.3 is 0 Å². The molecule has 5 heteroatoms. The Labute approximate surface area is 79.3 Å². The molecule has 2 aromatic heterocycles. The molecule has 1 unspecified atom stereocenters. The van der Waals surface area contributed by atoms with Crippen molar-refractivity contribution in [3.05, 3.63) is 17.5 Å². The summed E-state index contributed by atoms with van der Waals surface area (Å²) in [4.78, 5) is 13.2. The summed E-state index contributed by atoms with van der Waals surface area (Å²) in [5.74, 6) is 0. The van der Waals surface area contributed by atoms with Gasteiger partial charge in [0, 0.05) is 0 Å². The van der Waals surface area contributed by atoms with E-state index in [-0.39, 0.29) is 5.25 Å². The lowest BCUT2D eigenvalue weighted by molar-refractivity contribution is 1.08. The average Bonchev–Trinajstić information content (AvgIpc) is 2.46. The predicted octanol–water partition coefficient (Wildman–Crippen LogP) is 2.08. The van der Waals surface area contributed by atoms with Gasteiger partial charge in [-0.15, -0.1) is 0 Å². The fourth-order valence-electron chi connectivity index (χ4n) is 0.886. The highest BCUT2D eigenvalue weighted by Gasteiger charge is 2.07. The van der Waals surface area contributed by atoms with Crippen molar-refractivity contribution < 1.29 is 0 Å². The molecule has 2 rings (SSSR count). The molecule has 12 heavy (non-hydrogen) atoms. The van der Waals surface area contributed by atoms with Crippen LogP contribution in [0.5, 0.6) is 0 Å². The summed E-state index contributed by atoms with van der Waals surface area (Å²) in [6.45, 7) is 1.99. The van der Waals surface area contributed by atoms with Crippen molar-refractivity contribution in [2.75, 3.05) is 0 Å². The Kier molecular flexibility index (Phi) is 1.98. The minimum atomic E-state index is 0.171. The van der Waals surface area contributed by atoms with Crippen LogP contribution in [0, 0.1) is 0 Å². The van der Waals surface area contributed by atoms with E-state index in [0.29, 0.717) is 0 Å². The smallest absolute Gasteiger partial charge is 0.146 e. The lowest BCUT2D eigenvalue weighted by Crippen LogP contribution is -1.80. The largest absolute Gasteiger partial charge is 0.242 e. The maximum atomic E-state index is 4.33. The van der Waals surface area contributed by atoms with Gasteiger partial charge in [0.25, 0.3) is 0 Å². The maximum Gasteiger partial charge on any atom is 0.146 e. The van der Waals surface area contributed by atoms with E-state index in [0.717, 1.165) is 15.4 Å². The van der Waals surface area contributed by atoms with E-state index in [1.165, 1.54) is 6.33 Å². The van der Waals surface area contributed by atoms with Crippen molar-refractivity contribution in [1.29, 1.82) is 0 Å². The number of hydrogen-bond acceptors (Lipinski definition) is 5. The van der Waals surface area contributed by atoms with Gasteiger partial charge in [0.15, 0.2) is 0 Å². The molecular formula is C7H7N3S2. The Morgan fingerprint density at radius 3 is 3.08 bits per heavy atom. The lowest BCUT2D eigenvalue weighted by atomic mass is 10.5. The fourth-order valence-corrected chi connectivity index (χ4v) is 1.92. The SMILES string of the molecule is CC(S)c1nc2cncnc2s1. The van der Waals surface area contributed by atoms with Crippen molar-refractivity contribution >= 4 is 34.3 Å². The summed E-state index contributed by atoms with van der Waals surface area (Å²) in [7, 11) is 0. The first-order valence-corrected chi connectivity index (χ1v) is 4.85. The van der Waals surface area contributed by atoms with Crippen LogP contribution in [0.1, 0.15) is 17.2 Å². The molecule has 0 saturated heterocycles.